The highest BCUT2D eigenvalue weighted by Gasteiger charge is 2.36. The van der Waals surface area contributed by atoms with Crippen molar-refractivity contribution in [2.75, 3.05) is 30.8 Å². The number of fused-ring (bicyclic) bond motifs is 1. The largest absolute Gasteiger partial charge is 0.444 e. The van der Waals surface area contributed by atoms with E-state index in [1.54, 1.807) is 44.7 Å². The number of likely N-dealkylation sites (tertiary alicyclic amines) is 1. The van der Waals surface area contributed by atoms with Crippen LogP contribution in [0.3, 0.4) is 0 Å². The molecule has 3 aromatic rings. The minimum atomic E-state index is -4.69. The number of aryl methyl sites for hydroxylation is 1. The molecular weight excluding hydrogens is 517 g/mol. The van der Waals surface area contributed by atoms with Crippen molar-refractivity contribution in [2.45, 2.75) is 64.8 Å². The number of alkyl halides is 3. The van der Waals surface area contributed by atoms with Gasteiger partial charge in [0.2, 0.25) is 12.4 Å². The van der Waals surface area contributed by atoms with Crippen molar-refractivity contribution in [1.82, 2.24) is 19.9 Å². The van der Waals surface area contributed by atoms with Gasteiger partial charge in [-0.1, -0.05) is 6.07 Å². The lowest BCUT2D eigenvalue weighted by Gasteiger charge is -2.34. The van der Waals surface area contributed by atoms with Gasteiger partial charge in [0.05, 0.1) is 11.2 Å². The number of hydrogen-bond donors (Lipinski definition) is 4. The van der Waals surface area contributed by atoms with Crippen molar-refractivity contribution in [2.24, 2.45) is 0 Å². The summed E-state index contributed by atoms with van der Waals surface area (Å²) in [5.74, 6) is 0.0293. The third-order valence-electron chi connectivity index (χ3n) is 6.37. The van der Waals surface area contributed by atoms with Gasteiger partial charge >= 0.3 is 12.3 Å². The Morgan fingerprint density at radius 2 is 2.03 bits per heavy atom. The van der Waals surface area contributed by atoms with Gasteiger partial charge in [-0.2, -0.15) is 13.2 Å². The number of aromatic nitrogens is 3. The van der Waals surface area contributed by atoms with Crippen molar-refractivity contribution >= 4 is 28.6 Å². The molecule has 10 nitrogen and oxygen atoms in total. The monoisotopic (exact) mass is 550 g/mol. The van der Waals surface area contributed by atoms with Gasteiger partial charge < -0.3 is 35.1 Å². The molecule has 4 rings (SSSR count). The van der Waals surface area contributed by atoms with E-state index in [0.29, 0.717) is 48.1 Å². The second kappa shape index (κ2) is 10.9. The van der Waals surface area contributed by atoms with E-state index >= 15 is 0 Å². The standard InChI is InChI=1S/C26H33F3N6O4/c1-14-19(33-23(36)38-5)9-8-16-17(11-30-20(14)16)21-18(26(27,28)29)12-31-22(34-21)32-15-7-6-10-35(13-15)24(37)39-25(2,3)4/h8-9,11-12,15,23,30,33,36H,6-7,10,13H2,1-5H3,(H,31,32,34)/t15-,23?/m0/s1. The number of methoxy groups -OCH3 is 1. The van der Waals surface area contributed by atoms with E-state index in [9.17, 15) is 23.1 Å². The SMILES string of the molecule is COC(O)Nc1ccc2c(-c3nc(N[C@H]4CCCN(C(=O)OC(C)(C)C)C4)ncc3C(F)(F)F)c[nH]c2c1C. The Morgan fingerprint density at radius 3 is 2.69 bits per heavy atom. The number of carbonyl (C=O) groups excluding carboxylic acids is 1. The fraction of sp³-hybridized carbons (Fsp3) is 0.500. The van der Waals surface area contributed by atoms with E-state index in [4.69, 9.17) is 9.47 Å². The lowest BCUT2D eigenvalue weighted by Crippen LogP contribution is -2.47. The molecule has 1 fully saturated rings. The summed E-state index contributed by atoms with van der Waals surface area (Å²) in [5, 5.41) is 16.2. The molecule has 2 atom stereocenters. The maximum atomic E-state index is 14.0. The normalized spacial score (nSPS) is 17.3. The van der Waals surface area contributed by atoms with Crippen LogP contribution in [0.4, 0.5) is 29.6 Å². The van der Waals surface area contributed by atoms with Crippen molar-refractivity contribution in [3.63, 3.8) is 0 Å². The topological polar surface area (TPSA) is 125 Å². The molecule has 1 aliphatic rings. The Hall–Kier alpha value is -3.58. The third kappa shape index (κ3) is 6.53. The first-order chi connectivity index (χ1) is 18.3. The van der Waals surface area contributed by atoms with Crippen molar-refractivity contribution in [3.05, 3.63) is 35.7 Å². The Labute approximate surface area is 223 Å². The average molecular weight is 551 g/mol. The molecule has 0 aliphatic carbocycles. The van der Waals surface area contributed by atoms with Crippen LogP contribution in [0.25, 0.3) is 22.2 Å². The second-order valence-corrected chi connectivity index (χ2v) is 10.5. The number of halogens is 3. The summed E-state index contributed by atoms with van der Waals surface area (Å²) >= 11 is 0. The number of carbonyl (C=O) groups is 1. The van der Waals surface area contributed by atoms with E-state index in [0.717, 1.165) is 6.20 Å². The summed E-state index contributed by atoms with van der Waals surface area (Å²) in [5.41, 5.74) is 0.189. The summed E-state index contributed by atoms with van der Waals surface area (Å²) in [4.78, 5) is 25.4. The number of rotatable bonds is 6. The van der Waals surface area contributed by atoms with Gasteiger partial charge in [0.25, 0.3) is 0 Å². The molecule has 0 spiro atoms. The number of hydrogen-bond acceptors (Lipinski definition) is 8. The molecule has 4 N–H and O–H groups in total. The van der Waals surface area contributed by atoms with E-state index < -0.39 is 29.8 Å². The quantitative estimate of drug-likeness (QED) is 0.313. The van der Waals surface area contributed by atoms with Crippen LogP contribution < -0.4 is 10.6 Å². The number of piperidine rings is 1. The number of aliphatic hydroxyl groups excluding tert-OH is 1. The number of amides is 1. The maximum Gasteiger partial charge on any atom is 0.419 e. The van der Waals surface area contributed by atoms with E-state index in [-0.39, 0.29) is 23.2 Å². The minimum absolute atomic E-state index is 0.0293. The second-order valence-electron chi connectivity index (χ2n) is 10.5. The van der Waals surface area contributed by atoms with Gasteiger partial charge in [-0.15, -0.1) is 0 Å². The third-order valence-corrected chi connectivity index (χ3v) is 6.37. The van der Waals surface area contributed by atoms with Gasteiger partial charge in [-0.25, -0.2) is 14.8 Å². The van der Waals surface area contributed by atoms with Gasteiger partial charge in [0.15, 0.2) is 0 Å². The van der Waals surface area contributed by atoms with Gasteiger partial charge in [-0.3, -0.25) is 0 Å². The lowest BCUT2D eigenvalue weighted by atomic mass is 10.0. The average Bonchev–Trinajstić information content (AvgIpc) is 3.29. The molecule has 0 radical (unpaired) electrons. The summed E-state index contributed by atoms with van der Waals surface area (Å²) in [6, 6.07) is 3.04. The van der Waals surface area contributed by atoms with Crippen LogP contribution in [0, 0.1) is 6.92 Å². The van der Waals surface area contributed by atoms with Crippen molar-refractivity contribution in [1.29, 1.82) is 0 Å². The number of nitrogens with one attached hydrogen (secondary N) is 3. The Morgan fingerprint density at radius 1 is 1.28 bits per heavy atom. The predicted molar refractivity (Wildman–Crippen MR) is 140 cm³/mol. The molecule has 1 saturated heterocycles. The molecule has 2 aromatic heterocycles. The van der Waals surface area contributed by atoms with Crippen LogP contribution in [-0.2, 0) is 15.7 Å². The van der Waals surface area contributed by atoms with Gasteiger partial charge in [0.1, 0.15) is 11.2 Å². The van der Waals surface area contributed by atoms with Crippen LogP contribution in [0.15, 0.2) is 24.5 Å². The number of aromatic amines is 1. The Kier molecular flexibility index (Phi) is 7.94. The molecule has 1 amide bonds. The predicted octanol–water partition coefficient (Wildman–Crippen LogP) is 5.10. The molecule has 39 heavy (non-hydrogen) atoms. The molecule has 212 valence electrons. The number of ether oxygens (including phenoxy) is 2. The molecule has 1 unspecified atom stereocenters. The molecule has 0 bridgehead atoms. The summed E-state index contributed by atoms with van der Waals surface area (Å²) in [7, 11) is 1.33. The molecule has 13 heteroatoms. The first-order valence-corrected chi connectivity index (χ1v) is 12.5. The maximum absolute atomic E-state index is 14.0. The summed E-state index contributed by atoms with van der Waals surface area (Å²) < 4.78 is 52.3. The van der Waals surface area contributed by atoms with E-state index in [2.05, 4.69) is 25.6 Å². The smallest absolute Gasteiger partial charge is 0.419 e. The first kappa shape index (κ1) is 28.4. The zero-order valence-corrected chi connectivity index (χ0v) is 22.4. The minimum Gasteiger partial charge on any atom is -0.444 e. The van der Waals surface area contributed by atoms with Crippen LogP contribution >= 0.6 is 0 Å². The van der Waals surface area contributed by atoms with Crippen molar-refractivity contribution in [3.8, 4) is 11.3 Å². The number of H-pyrrole nitrogens is 1. The zero-order valence-electron chi connectivity index (χ0n) is 22.4. The number of aliphatic hydroxyl groups is 1. The lowest BCUT2D eigenvalue weighted by molar-refractivity contribution is -0.137. The van der Waals surface area contributed by atoms with Gasteiger partial charge in [0, 0.05) is 55.3 Å². The Balaban J connectivity index is 1.65. The molecular formula is C26H33F3N6O4. The molecule has 1 aromatic carbocycles. The summed E-state index contributed by atoms with van der Waals surface area (Å²) in [6.45, 7) is 7.96. The van der Waals surface area contributed by atoms with Gasteiger partial charge in [-0.05, 0) is 52.2 Å². The highest BCUT2D eigenvalue weighted by molar-refractivity contribution is 5.99. The molecule has 0 saturated carbocycles. The van der Waals surface area contributed by atoms with Crippen LogP contribution in [0.1, 0.15) is 44.7 Å². The summed E-state index contributed by atoms with van der Waals surface area (Å²) in [6.07, 6.45) is -2.74. The fourth-order valence-corrected chi connectivity index (χ4v) is 4.52. The fourth-order valence-electron chi connectivity index (χ4n) is 4.52. The molecule has 3 heterocycles. The number of benzene rings is 1. The first-order valence-electron chi connectivity index (χ1n) is 12.5. The number of nitrogens with zero attached hydrogens (tertiary/aromatic N) is 3. The van der Waals surface area contributed by atoms with E-state index in [1.165, 1.54) is 13.3 Å². The van der Waals surface area contributed by atoms with Crippen molar-refractivity contribution < 1.29 is 32.5 Å². The zero-order chi connectivity index (χ0) is 28.5. The van der Waals surface area contributed by atoms with Crippen LogP contribution in [0.5, 0.6) is 0 Å². The highest BCUT2D eigenvalue weighted by Crippen LogP contribution is 2.40. The molecule has 1 aliphatic heterocycles. The highest BCUT2D eigenvalue weighted by atomic mass is 19.4. The van der Waals surface area contributed by atoms with E-state index in [1.807, 2.05) is 0 Å². The number of anilines is 2. The van der Waals surface area contributed by atoms with Crippen LogP contribution in [0.2, 0.25) is 0 Å². The Bertz CT molecular complexity index is 1340. The van der Waals surface area contributed by atoms with Crippen LogP contribution in [-0.4, -0.2) is 69.3 Å².